The lowest BCUT2D eigenvalue weighted by atomic mass is 10.2. The standard InChI is InChI=1S/C11H17NS/c1-3-12(4-2)11-7-5-10(9-13)6-8-11/h5-8,13H,3-4,9H2,1-2H3. The van der Waals surface area contributed by atoms with Gasteiger partial charge in [0.1, 0.15) is 0 Å². The maximum Gasteiger partial charge on any atom is 0.0366 e. The second-order valence-corrected chi connectivity index (χ2v) is 3.31. The van der Waals surface area contributed by atoms with Crippen LogP contribution in [0.1, 0.15) is 19.4 Å². The zero-order chi connectivity index (χ0) is 9.68. The third-order valence-corrected chi connectivity index (χ3v) is 2.61. The molecule has 1 aromatic carbocycles. The average molecular weight is 195 g/mol. The Bertz CT molecular complexity index is 239. The molecule has 0 fully saturated rings. The Morgan fingerprint density at radius 1 is 1.08 bits per heavy atom. The highest BCUT2D eigenvalue weighted by atomic mass is 32.1. The van der Waals surface area contributed by atoms with E-state index in [9.17, 15) is 0 Å². The molecule has 1 aromatic rings. The minimum Gasteiger partial charge on any atom is -0.372 e. The molecule has 1 rings (SSSR count). The monoisotopic (exact) mass is 195 g/mol. The first-order valence-electron chi connectivity index (χ1n) is 4.76. The van der Waals surface area contributed by atoms with E-state index in [-0.39, 0.29) is 0 Å². The number of anilines is 1. The van der Waals surface area contributed by atoms with Crippen LogP contribution in [-0.2, 0) is 5.75 Å². The molecule has 1 nitrogen and oxygen atoms in total. The van der Waals surface area contributed by atoms with Crippen LogP contribution < -0.4 is 4.90 Å². The van der Waals surface area contributed by atoms with Crippen molar-refractivity contribution in [3.63, 3.8) is 0 Å². The van der Waals surface area contributed by atoms with Gasteiger partial charge >= 0.3 is 0 Å². The summed E-state index contributed by atoms with van der Waals surface area (Å²) >= 11 is 4.23. The van der Waals surface area contributed by atoms with Crippen LogP contribution in [0.4, 0.5) is 5.69 Å². The van der Waals surface area contributed by atoms with Gasteiger partial charge in [-0.3, -0.25) is 0 Å². The zero-order valence-electron chi connectivity index (χ0n) is 8.33. The van der Waals surface area contributed by atoms with Gasteiger partial charge in [0.25, 0.3) is 0 Å². The Labute approximate surface area is 86.2 Å². The molecule has 0 aliphatic rings. The first-order valence-corrected chi connectivity index (χ1v) is 5.39. The van der Waals surface area contributed by atoms with Crippen LogP contribution in [0.25, 0.3) is 0 Å². The fraction of sp³-hybridized carbons (Fsp3) is 0.455. The molecule has 0 atom stereocenters. The largest absolute Gasteiger partial charge is 0.372 e. The number of nitrogens with zero attached hydrogens (tertiary/aromatic N) is 1. The van der Waals surface area contributed by atoms with Gasteiger partial charge in [-0.1, -0.05) is 12.1 Å². The molecule has 0 aromatic heterocycles. The van der Waals surface area contributed by atoms with E-state index in [4.69, 9.17) is 0 Å². The van der Waals surface area contributed by atoms with Gasteiger partial charge in [-0.05, 0) is 31.5 Å². The van der Waals surface area contributed by atoms with Gasteiger partial charge in [-0.2, -0.15) is 12.6 Å². The van der Waals surface area contributed by atoms with Gasteiger partial charge in [0.2, 0.25) is 0 Å². The fourth-order valence-electron chi connectivity index (χ4n) is 1.40. The lowest BCUT2D eigenvalue weighted by Gasteiger charge is -2.20. The number of thiol groups is 1. The smallest absolute Gasteiger partial charge is 0.0366 e. The average Bonchev–Trinajstić information content (AvgIpc) is 2.21. The van der Waals surface area contributed by atoms with Crippen molar-refractivity contribution in [1.82, 2.24) is 0 Å². The highest BCUT2D eigenvalue weighted by Crippen LogP contribution is 2.15. The molecular formula is C11H17NS. The molecule has 2 heteroatoms. The van der Waals surface area contributed by atoms with Crippen LogP contribution in [0.2, 0.25) is 0 Å². The number of rotatable bonds is 4. The van der Waals surface area contributed by atoms with Crippen molar-refractivity contribution >= 4 is 18.3 Å². The van der Waals surface area contributed by atoms with Gasteiger partial charge in [-0.15, -0.1) is 0 Å². The summed E-state index contributed by atoms with van der Waals surface area (Å²) in [4.78, 5) is 2.34. The molecule has 0 bridgehead atoms. The number of benzene rings is 1. The van der Waals surface area contributed by atoms with Crippen molar-refractivity contribution in [2.75, 3.05) is 18.0 Å². The minimum atomic E-state index is 0.818. The van der Waals surface area contributed by atoms with Gasteiger partial charge in [0.05, 0.1) is 0 Å². The topological polar surface area (TPSA) is 3.24 Å². The van der Waals surface area contributed by atoms with Crippen molar-refractivity contribution in [1.29, 1.82) is 0 Å². The molecule has 0 amide bonds. The quantitative estimate of drug-likeness (QED) is 0.723. The van der Waals surface area contributed by atoms with Gasteiger partial charge < -0.3 is 4.90 Å². The van der Waals surface area contributed by atoms with E-state index >= 15 is 0 Å². The predicted octanol–water partition coefficient (Wildman–Crippen LogP) is 2.96. The summed E-state index contributed by atoms with van der Waals surface area (Å²) < 4.78 is 0. The Kier molecular flexibility index (Phi) is 4.16. The fourth-order valence-corrected chi connectivity index (χ4v) is 1.61. The molecule has 0 radical (unpaired) electrons. The molecule has 72 valence electrons. The number of hydrogen-bond acceptors (Lipinski definition) is 2. The van der Waals surface area contributed by atoms with E-state index in [1.54, 1.807) is 0 Å². The Morgan fingerprint density at radius 2 is 1.62 bits per heavy atom. The molecular weight excluding hydrogens is 178 g/mol. The second kappa shape index (κ2) is 5.18. The van der Waals surface area contributed by atoms with Crippen molar-refractivity contribution in [3.05, 3.63) is 29.8 Å². The molecule has 0 unspecified atom stereocenters. The summed E-state index contributed by atoms with van der Waals surface area (Å²) in [6.45, 7) is 6.49. The summed E-state index contributed by atoms with van der Waals surface area (Å²) in [5.74, 6) is 0.818. The van der Waals surface area contributed by atoms with E-state index in [0.717, 1.165) is 18.8 Å². The SMILES string of the molecule is CCN(CC)c1ccc(CS)cc1. The van der Waals surface area contributed by atoms with Crippen molar-refractivity contribution in [2.24, 2.45) is 0 Å². The lowest BCUT2D eigenvalue weighted by molar-refractivity contribution is 0.866. The maximum absolute atomic E-state index is 4.23. The van der Waals surface area contributed by atoms with E-state index in [2.05, 4.69) is 55.6 Å². The minimum absolute atomic E-state index is 0.818. The second-order valence-electron chi connectivity index (χ2n) is 3.00. The van der Waals surface area contributed by atoms with Crippen molar-refractivity contribution in [3.8, 4) is 0 Å². The molecule has 13 heavy (non-hydrogen) atoms. The molecule has 0 spiro atoms. The molecule has 0 aliphatic carbocycles. The summed E-state index contributed by atoms with van der Waals surface area (Å²) in [7, 11) is 0. The van der Waals surface area contributed by atoms with Crippen molar-refractivity contribution < 1.29 is 0 Å². The van der Waals surface area contributed by atoms with E-state index in [0.29, 0.717) is 0 Å². The first-order chi connectivity index (χ1) is 6.31. The molecule has 0 heterocycles. The first kappa shape index (κ1) is 10.5. The number of hydrogen-bond donors (Lipinski definition) is 1. The predicted molar refractivity (Wildman–Crippen MR) is 62.7 cm³/mol. The van der Waals surface area contributed by atoms with Gasteiger partial charge in [-0.25, -0.2) is 0 Å². The van der Waals surface area contributed by atoms with Crippen LogP contribution in [0.3, 0.4) is 0 Å². The van der Waals surface area contributed by atoms with Gasteiger partial charge in [0.15, 0.2) is 0 Å². The maximum atomic E-state index is 4.23. The van der Waals surface area contributed by atoms with E-state index in [1.807, 2.05) is 0 Å². The Balaban J connectivity index is 2.78. The highest BCUT2D eigenvalue weighted by Gasteiger charge is 1.99. The summed E-state index contributed by atoms with van der Waals surface area (Å²) in [6.07, 6.45) is 0. The van der Waals surface area contributed by atoms with Gasteiger partial charge in [0, 0.05) is 24.5 Å². The van der Waals surface area contributed by atoms with E-state index in [1.165, 1.54) is 11.3 Å². The molecule has 0 N–H and O–H groups in total. The summed E-state index contributed by atoms with van der Waals surface area (Å²) in [5, 5.41) is 0. The highest BCUT2D eigenvalue weighted by molar-refractivity contribution is 7.79. The molecule has 0 saturated heterocycles. The summed E-state index contributed by atoms with van der Waals surface area (Å²) in [6, 6.07) is 8.61. The van der Waals surface area contributed by atoms with E-state index < -0.39 is 0 Å². The van der Waals surface area contributed by atoms with Crippen LogP contribution in [0.15, 0.2) is 24.3 Å². The van der Waals surface area contributed by atoms with Crippen LogP contribution in [0, 0.1) is 0 Å². The van der Waals surface area contributed by atoms with Crippen LogP contribution in [-0.4, -0.2) is 13.1 Å². The van der Waals surface area contributed by atoms with Crippen molar-refractivity contribution in [2.45, 2.75) is 19.6 Å². The van der Waals surface area contributed by atoms with Crippen LogP contribution >= 0.6 is 12.6 Å². The lowest BCUT2D eigenvalue weighted by Crippen LogP contribution is -2.21. The summed E-state index contributed by atoms with van der Waals surface area (Å²) in [5.41, 5.74) is 2.58. The van der Waals surface area contributed by atoms with Crippen LogP contribution in [0.5, 0.6) is 0 Å². The Morgan fingerprint density at radius 3 is 2.00 bits per heavy atom. The molecule has 0 aliphatic heterocycles. The Hall–Kier alpha value is -0.630. The molecule has 0 saturated carbocycles. The zero-order valence-corrected chi connectivity index (χ0v) is 9.22. The third-order valence-electron chi connectivity index (χ3n) is 2.25. The normalized spacial score (nSPS) is 10.1. The third kappa shape index (κ3) is 2.66.